The first kappa shape index (κ1) is 20.9. The van der Waals surface area contributed by atoms with Crippen molar-refractivity contribution in [2.45, 2.75) is 39.2 Å². The Kier molecular flexibility index (Phi) is 5.64. The molecule has 0 radical (unpaired) electrons. The van der Waals surface area contributed by atoms with Crippen molar-refractivity contribution in [3.63, 3.8) is 0 Å². The predicted molar refractivity (Wildman–Crippen MR) is 120 cm³/mol. The summed E-state index contributed by atoms with van der Waals surface area (Å²) in [6, 6.07) is 11.2. The zero-order valence-corrected chi connectivity index (χ0v) is 18.4. The van der Waals surface area contributed by atoms with E-state index in [-0.39, 0.29) is 17.6 Å². The zero-order chi connectivity index (χ0) is 22.1. The van der Waals surface area contributed by atoms with Crippen LogP contribution in [0.15, 0.2) is 41.3 Å². The predicted octanol–water partition coefficient (Wildman–Crippen LogP) is 3.62. The molecule has 3 aromatic heterocycles. The van der Waals surface area contributed by atoms with E-state index in [4.69, 9.17) is 4.74 Å². The largest absolute Gasteiger partial charge is 0.474 e. The van der Waals surface area contributed by atoms with E-state index < -0.39 is 0 Å². The van der Waals surface area contributed by atoms with E-state index in [1.165, 1.54) is 5.56 Å². The van der Waals surface area contributed by atoms with Crippen LogP contribution in [-0.2, 0) is 7.05 Å². The van der Waals surface area contributed by atoms with Crippen molar-refractivity contribution in [3.05, 3.63) is 58.1 Å². The van der Waals surface area contributed by atoms with Crippen LogP contribution in [0.5, 0.6) is 5.88 Å². The molecular weight excluding hydrogens is 390 g/mol. The highest BCUT2D eigenvalue weighted by molar-refractivity contribution is 5.88. The van der Waals surface area contributed by atoms with Crippen molar-refractivity contribution in [3.8, 4) is 11.9 Å². The van der Waals surface area contributed by atoms with Gasteiger partial charge in [-0.25, -0.2) is 9.97 Å². The Labute approximate surface area is 181 Å². The van der Waals surface area contributed by atoms with E-state index in [1.807, 2.05) is 12.1 Å². The maximum absolute atomic E-state index is 12.5. The first-order chi connectivity index (χ1) is 14.9. The van der Waals surface area contributed by atoms with Gasteiger partial charge in [-0.05, 0) is 29.7 Å². The number of piperidine rings is 1. The summed E-state index contributed by atoms with van der Waals surface area (Å²) in [6.07, 6.45) is 2.66. The second kappa shape index (κ2) is 8.38. The lowest BCUT2D eigenvalue weighted by Crippen LogP contribution is -2.45. The molecule has 1 aliphatic heterocycles. The third-order valence-corrected chi connectivity index (χ3v) is 6.05. The highest BCUT2D eigenvalue weighted by Crippen LogP contribution is 2.30. The van der Waals surface area contributed by atoms with Gasteiger partial charge in [-0.15, -0.1) is 0 Å². The number of pyridine rings is 3. The molecule has 3 aromatic rings. The van der Waals surface area contributed by atoms with Crippen molar-refractivity contribution in [1.82, 2.24) is 14.5 Å². The van der Waals surface area contributed by atoms with Gasteiger partial charge in [-0.3, -0.25) is 4.79 Å². The fourth-order valence-electron chi connectivity index (χ4n) is 4.14. The van der Waals surface area contributed by atoms with Crippen LogP contribution in [0.4, 0.5) is 5.69 Å². The molecule has 7 heteroatoms. The molecule has 160 valence electrons. The standard InChI is InChI=1S/C24H27N5O2/c1-15(2)17-7-9-26-22(11-17)31-21-8-10-29(14-16(21)3)20-12-23(30)28(4)19-6-5-18(13-25)27-24(19)20/h5-7,9,11-12,15-16,21H,8,10,14H2,1-4H3. The second-order valence-electron chi connectivity index (χ2n) is 8.55. The summed E-state index contributed by atoms with van der Waals surface area (Å²) >= 11 is 0. The van der Waals surface area contributed by atoms with Gasteiger partial charge in [0.15, 0.2) is 0 Å². The molecule has 0 aliphatic carbocycles. The molecule has 4 heterocycles. The monoisotopic (exact) mass is 417 g/mol. The Bertz CT molecular complexity index is 1210. The maximum Gasteiger partial charge on any atom is 0.252 e. The summed E-state index contributed by atoms with van der Waals surface area (Å²) < 4.78 is 7.82. The normalized spacial score (nSPS) is 18.9. The van der Waals surface area contributed by atoms with Gasteiger partial charge in [-0.2, -0.15) is 5.26 Å². The van der Waals surface area contributed by atoms with E-state index in [0.29, 0.717) is 23.0 Å². The van der Waals surface area contributed by atoms with Crippen molar-refractivity contribution in [2.24, 2.45) is 13.0 Å². The third kappa shape index (κ3) is 4.11. The van der Waals surface area contributed by atoms with Crippen LogP contribution in [0.3, 0.4) is 0 Å². The van der Waals surface area contributed by atoms with Crippen LogP contribution in [0.1, 0.15) is 44.4 Å². The van der Waals surface area contributed by atoms with Crippen molar-refractivity contribution in [2.75, 3.05) is 18.0 Å². The summed E-state index contributed by atoms with van der Waals surface area (Å²) in [4.78, 5) is 23.6. The Balaban J connectivity index is 1.59. The summed E-state index contributed by atoms with van der Waals surface area (Å²) in [6.45, 7) is 7.93. The number of aryl methyl sites for hydroxylation is 1. The van der Waals surface area contributed by atoms with E-state index in [2.05, 4.69) is 41.7 Å². The number of nitrogens with zero attached hydrogens (tertiary/aromatic N) is 5. The second-order valence-corrected chi connectivity index (χ2v) is 8.55. The van der Waals surface area contributed by atoms with E-state index >= 15 is 0 Å². The zero-order valence-electron chi connectivity index (χ0n) is 18.4. The van der Waals surface area contributed by atoms with Gasteiger partial charge >= 0.3 is 0 Å². The Morgan fingerprint density at radius 2 is 2.06 bits per heavy atom. The molecule has 0 amide bonds. The quantitative estimate of drug-likeness (QED) is 0.645. The third-order valence-electron chi connectivity index (χ3n) is 6.05. The number of hydrogen-bond acceptors (Lipinski definition) is 6. The fourth-order valence-corrected chi connectivity index (χ4v) is 4.14. The first-order valence-electron chi connectivity index (χ1n) is 10.7. The topological polar surface area (TPSA) is 84.0 Å². The number of rotatable bonds is 4. The molecule has 0 spiro atoms. The molecule has 1 saturated heterocycles. The van der Waals surface area contributed by atoms with Crippen molar-refractivity contribution in [1.29, 1.82) is 5.26 Å². The van der Waals surface area contributed by atoms with E-state index in [9.17, 15) is 10.1 Å². The average Bonchev–Trinajstić information content (AvgIpc) is 2.77. The number of fused-ring (bicyclic) bond motifs is 1. The molecule has 4 rings (SSSR count). The van der Waals surface area contributed by atoms with Crippen LogP contribution in [-0.4, -0.2) is 33.7 Å². The summed E-state index contributed by atoms with van der Waals surface area (Å²) in [5.74, 6) is 1.32. The van der Waals surface area contributed by atoms with Gasteiger partial charge in [0, 0.05) is 50.8 Å². The van der Waals surface area contributed by atoms with E-state index in [0.717, 1.165) is 30.7 Å². The molecular formula is C24H27N5O2. The number of anilines is 1. The molecule has 0 bridgehead atoms. The van der Waals surface area contributed by atoms with Crippen LogP contribution in [0.2, 0.25) is 0 Å². The van der Waals surface area contributed by atoms with Crippen LogP contribution in [0, 0.1) is 17.2 Å². The summed E-state index contributed by atoms with van der Waals surface area (Å²) in [5.41, 5.74) is 3.65. The number of ether oxygens (including phenoxy) is 1. The van der Waals surface area contributed by atoms with Crippen molar-refractivity contribution < 1.29 is 4.74 Å². The van der Waals surface area contributed by atoms with Gasteiger partial charge in [0.2, 0.25) is 5.88 Å². The molecule has 7 nitrogen and oxygen atoms in total. The minimum Gasteiger partial charge on any atom is -0.474 e. The van der Waals surface area contributed by atoms with Crippen LogP contribution < -0.4 is 15.2 Å². The van der Waals surface area contributed by atoms with Gasteiger partial charge in [0.25, 0.3) is 5.56 Å². The van der Waals surface area contributed by atoms with E-state index in [1.54, 1.807) is 36.0 Å². The molecule has 2 unspecified atom stereocenters. The molecule has 0 aromatic carbocycles. The van der Waals surface area contributed by atoms with Crippen molar-refractivity contribution >= 4 is 16.7 Å². The summed E-state index contributed by atoms with van der Waals surface area (Å²) in [5, 5.41) is 9.28. The lowest BCUT2D eigenvalue weighted by Gasteiger charge is -2.38. The summed E-state index contributed by atoms with van der Waals surface area (Å²) in [7, 11) is 1.73. The van der Waals surface area contributed by atoms with Gasteiger partial charge in [0.1, 0.15) is 23.4 Å². The lowest BCUT2D eigenvalue weighted by atomic mass is 9.95. The van der Waals surface area contributed by atoms with Gasteiger partial charge in [0.05, 0.1) is 11.2 Å². The molecule has 0 N–H and O–H groups in total. The van der Waals surface area contributed by atoms with Gasteiger partial charge in [-0.1, -0.05) is 20.8 Å². The van der Waals surface area contributed by atoms with Crippen LogP contribution in [0.25, 0.3) is 11.0 Å². The number of hydrogen-bond donors (Lipinski definition) is 0. The number of aromatic nitrogens is 3. The Hall–Kier alpha value is -3.40. The molecule has 0 saturated carbocycles. The minimum atomic E-state index is -0.0882. The molecule has 31 heavy (non-hydrogen) atoms. The Morgan fingerprint density at radius 3 is 2.77 bits per heavy atom. The Morgan fingerprint density at radius 1 is 1.26 bits per heavy atom. The van der Waals surface area contributed by atoms with Gasteiger partial charge < -0.3 is 14.2 Å². The van der Waals surface area contributed by atoms with Crippen LogP contribution >= 0.6 is 0 Å². The first-order valence-corrected chi connectivity index (χ1v) is 10.7. The molecule has 2 atom stereocenters. The number of nitriles is 1. The highest BCUT2D eigenvalue weighted by atomic mass is 16.5. The minimum absolute atomic E-state index is 0.0478. The molecule has 1 fully saturated rings. The SMILES string of the molecule is CC(C)c1ccnc(OC2CCN(c3cc(=O)n(C)c4ccc(C#N)nc34)CC2C)c1. The maximum atomic E-state index is 12.5. The molecule has 1 aliphatic rings. The highest BCUT2D eigenvalue weighted by Gasteiger charge is 2.29. The lowest BCUT2D eigenvalue weighted by molar-refractivity contribution is 0.116. The smallest absolute Gasteiger partial charge is 0.252 e. The average molecular weight is 418 g/mol. The fraction of sp³-hybridized carbons (Fsp3) is 0.417.